The van der Waals surface area contributed by atoms with Crippen LogP contribution in [0, 0.1) is 12.8 Å². The molecule has 0 aliphatic heterocycles. The number of ether oxygens (including phenoxy) is 1. The molecule has 2 rings (SSSR count). The fraction of sp³-hybridized carbons (Fsp3) is 0.300. The fourth-order valence-corrected chi connectivity index (χ4v) is 2.58. The van der Waals surface area contributed by atoms with Gasteiger partial charge in [-0.2, -0.15) is 0 Å². The number of carbonyl (C=O) groups is 2. The average Bonchev–Trinajstić information content (AvgIpc) is 2.58. The molecule has 0 saturated carbocycles. The van der Waals surface area contributed by atoms with E-state index in [4.69, 9.17) is 4.74 Å². The SMILES string of the molecule is CCOc1cccc(C(=O)NCC(Cc2cccc(C)c2)C(=O)O)c1. The summed E-state index contributed by atoms with van der Waals surface area (Å²) in [6.07, 6.45) is 0.371. The number of carbonyl (C=O) groups excluding carboxylic acids is 1. The van der Waals surface area contributed by atoms with Crippen LogP contribution in [0.4, 0.5) is 0 Å². The molecule has 0 heterocycles. The molecule has 0 saturated heterocycles. The lowest BCUT2D eigenvalue weighted by atomic mass is 9.98. The Kier molecular flexibility index (Phi) is 6.57. The molecule has 0 fully saturated rings. The van der Waals surface area contributed by atoms with E-state index in [9.17, 15) is 14.7 Å². The van der Waals surface area contributed by atoms with E-state index in [1.165, 1.54) is 0 Å². The highest BCUT2D eigenvalue weighted by molar-refractivity contribution is 5.94. The Labute approximate surface area is 147 Å². The molecule has 2 N–H and O–H groups in total. The number of carboxylic acids is 1. The summed E-state index contributed by atoms with van der Waals surface area (Å²) >= 11 is 0. The number of aliphatic carboxylic acids is 1. The summed E-state index contributed by atoms with van der Waals surface area (Å²) in [5, 5.41) is 12.1. The molecule has 0 aliphatic rings. The van der Waals surface area contributed by atoms with Crippen molar-refractivity contribution in [2.75, 3.05) is 13.2 Å². The third-order valence-corrected chi connectivity index (χ3v) is 3.83. The highest BCUT2D eigenvalue weighted by Crippen LogP contribution is 2.14. The highest BCUT2D eigenvalue weighted by atomic mass is 16.5. The largest absolute Gasteiger partial charge is 0.494 e. The van der Waals surface area contributed by atoms with Crippen LogP contribution < -0.4 is 10.1 Å². The molecule has 132 valence electrons. The van der Waals surface area contributed by atoms with Gasteiger partial charge in [0, 0.05) is 12.1 Å². The van der Waals surface area contributed by atoms with Crippen LogP contribution in [-0.4, -0.2) is 30.1 Å². The lowest BCUT2D eigenvalue weighted by molar-refractivity contribution is -0.141. The van der Waals surface area contributed by atoms with E-state index in [-0.39, 0.29) is 12.5 Å². The first-order chi connectivity index (χ1) is 12.0. The van der Waals surface area contributed by atoms with Gasteiger partial charge in [-0.1, -0.05) is 35.9 Å². The van der Waals surface area contributed by atoms with E-state index in [1.807, 2.05) is 38.1 Å². The molecule has 0 bridgehead atoms. The van der Waals surface area contributed by atoms with Gasteiger partial charge in [-0.15, -0.1) is 0 Å². The van der Waals surface area contributed by atoms with Crippen LogP contribution in [-0.2, 0) is 11.2 Å². The quantitative estimate of drug-likeness (QED) is 0.774. The number of aryl methyl sites for hydroxylation is 1. The van der Waals surface area contributed by atoms with Crippen molar-refractivity contribution < 1.29 is 19.4 Å². The molecule has 5 heteroatoms. The Morgan fingerprint density at radius 2 is 1.92 bits per heavy atom. The maximum absolute atomic E-state index is 12.3. The minimum atomic E-state index is -0.926. The van der Waals surface area contributed by atoms with Crippen LogP contribution >= 0.6 is 0 Å². The number of carboxylic acid groups (broad SMARTS) is 1. The van der Waals surface area contributed by atoms with Gasteiger partial charge in [-0.3, -0.25) is 9.59 Å². The van der Waals surface area contributed by atoms with E-state index in [1.54, 1.807) is 24.3 Å². The Balaban J connectivity index is 1.99. The second kappa shape index (κ2) is 8.87. The lowest BCUT2D eigenvalue weighted by Crippen LogP contribution is -2.34. The predicted octanol–water partition coefficient (Wildman–Crippen LogP) is 3.07. The first-order valence-corrected chi connectivity index (χ1v) is 8.29. The van der Waals surface area contributed by atoms with Crippen molar-refractivity contribution in [1.29, 1.82) is 0 Å². The smallest absolute Gasteiger partial charge is 0.308 e. The highest BCUT2D eigenvalue weighted by Gasteiger charge is 2.19. The third-order valence-electron chi connectivity index (χ3n) is 3.83. The molecular formula is C20H23NO4. The maximum Gasteiger partial charge on any atom is 0.308 e. The van der Waals surface area contributed by atoms with Gasteiger partial charge in [-0.25, -0.2) is 0 Å². The fourth-order valence-electron chi connectivity index (χ4n) is 2.58. The summed E-state index contributed by atoms with van der Waals surface area (Å²) in [6.45, 7) is 4.42. The van der Waals surface area contributed by atoms with Crippen molar-refractivity contribution in [3.05, 3.63) is 65.2 Å². The molecule has 0 spiro atoms. The zero-order chi connectivity index (χ0) is 18.2. The third kappa shape index (κ3) is 5.64. The van der Waals surface area contributed by atoms with Gasteiger partial charge in [0.25, 0.3) is 5.91 Å². The summed E-state index contributed by atoms with van der Waals surface area (Å²) in [7, 11) is 0. The summed E-state index contributed by atoms with van der Waals surface area (Å²) in [5.41, 5.74) is 2.48. The number of rotatable bonds is 8. The topological polar surface area (TPSA) is 75.6 Å². The minimum absolute atomic E-state index is 0.0704. The van der Waals surface area contributed by atoms with Gasteiger partial charge in [0.1, 0.15) is 5.75 Å². The molecule has 1 atom stereocenters. The van der Waals surface area contributed by atoms with Crippen LogP contribution in [0.25, 0.3) is 0 Å². The minimum Gasteiger partial charge on any atom is -0.494 e. The van der Waals surface area contributed by atoms with Crippen molar-refractivity contribution in [2.24, 2.45) is 5.92 Å². The predicted molar refractivity (Wildman–Crippen MR) is 96.0 cm³/mol. The maximum atomic E-state index is 12.3. The molecule has 1 amide bonds. The summed E-state index contributed by atoms with van der Waals surface area (Å²) in [4.78, 5) is 23.8. The van der Waals surface area contributed by atoms with Gasteiger partial charge >= 0.3 is 5.97 Å². The summed E-state index contributed by atoms with van der Waals surface area (Å²) in [6, 6.07) is 14.6. The molecule has 25 heavy (non-hydrogen) atoms. The first-order valence-electron chi connectivity index (χ1n) is 8.29. The van der Waals surface area contributed by atoms with Crippen molar-refractivity contribution >= 4 is 11.9 Å². The number of amides is 1. The van der Waals surface area contributed by atoms with Gasteiger partial charge in [0.15, 0.2) is 0 Å². The van der Waals surface area contributed by atoms with Gasteiger partial charge in [-0.05, 0) is 44.0 Å². The molecule has 1 unspecified atom stereocenters. The van der Waals surface area contributed by atoms with Crippen LogP contribution in [0.15, 0.2) is 48.5 Å². The summed E-state index contributed by atoms with van der Waals surface area (Å²) in [5.74, 6) is -1.30. The second-order valence-electron chi connectivity index (χ2n) is 5.90. The van der Waals surface area contributed by atoms with E-state index in [0.29, 0.717) is 24.3 Å². The molecular weight excluding hydrogens is 318 g/mol. The lowest BCUT2D eigenvalue weighted by Gasteiger charge is -2.14. The monoisotopic (exact) mass is 341 g/mol. The normalized spacial score (nSPS) is 11.6. The Morgan fingerprint density at radius 1 is 1.16 bits per heavy atom. The van der Waals surface area contributed by atoms with Gasteiger partial charge in [0.05, 0.1) is 12.5 Å². The van der Waals surface area contributed by atoms with E-state index >= 15 is 0 Å². The first kappa shape index (κ1) is 18.5. The van der Waals surface area contributed by atoms with Crippen molar-refractivity contribution in [1.82, 2.24) is 5.32 Å². The average molecular weight is 341 g/mol. The zero-order valence-corrected chi connectivity index (χ0v) is 14.5. The molecule has 5 nitrogen and oxygen atoms in total. The molecule has 2 aromatic rings. The van der Waals surface area contributed by atoms with Crippen molar-refractivity contribution in [3.8, 4) is 5.75 Å². The number of nitrogens with one attached hydrogen (secondary N) is 1. The van der Waals surface area contributed by atoms with Crippen LogP contribution in [0.1, 0.15) is 28.4 Å². The summed E-state index contributed by atoms with van der Waals surface area (Å²) < 4.78 is 5.38. The zero-order valence-electron chi connectivity index (χ0n) is 14.5. The number of hydrogen-bond acceptors (Lipinski definition) is 3. The van der Waals surface area contributed by atoms with Gasteiger partial charge < -0.3 is 15.2 Å². The van der Waals surface area contributed by atoms with Crippen molar-refractivity contribution in [2.45, 2.75) is 20.3 Å². The Morgan fingerprint density at radius 3 is 2.60 bits per heavy atom. The molecule has 2 aromatic carbocycles. The molecule has 0 radical (unpaired) electrons. The molecule has 0 aromatic heterocycles. The van der Waals surface area contributed by atoms with E-state index in [0.717, 1.165) is 11.1 Å². The van der Waals surface area contributed by atoms with Crippen LogP contribution in [0.3, 0.4) is 0 Å². The van der Waals surface area contributed by atoms with Crippen LogP contribution in [0.5, 0.6) is 5.75 Å². The standard InChI is InChI=1S/C20H23NO4/c1-3-25-18-9-5-8-16(12-18)19(22)21-13-17(20(23)24)11-15-7-4-6-14(2)10-15/h4-10,12,17H,3,11,13H2,1-2H3,(H,21,22)(H,23,24). The number of hydrogen-bond donors (Lipinski definition) is 2. The van der Waals surface area contributed by atoms with Gasteiger partial charge in [0.2, 0.25) is 0 Å². The second-order valence-corrected chi connectivity index (χ2v) is 5.90. The van der Waals surface area contributed by atoms with E-state index < -0.39 is 11.9 Å². The van der Waals surface area contributed by atoms with E-state index in [2.05, 4.69) is 5.32 Å². The van der Waals surface area contributed by atoms with Crippen LogP contribution in [0.2, 0.25) is 0 Å². The number of benzene rings is 2. The Bertz CT molecular complexity index is 742. The van der Waals surface area contributed by atoms with Crippen molar-refractivity contribution in [3.63, 3.8) is 0 Å². The Hall–Kier alpha value is -2.82. The molecule has 0 aliphatic carbocycles.